The lowest BCUT2D eigenvalue weighted by atomic mass is 10.1. The molecule has 0 fully saturated rings. The molecule has 0 spiro atoms. The Labute approximate surface area is 170 Å². The number of aromatic nitrogens is 3. The van der Waals surface area contributed by atoms with E-state index in [0.29, 0.717) is 6.42 Å². The number of rotatable bonds is 5. The summed E-state index contributed by atoms with van der Waals surface area (Å²) in [5.74, 6) is -0.521. The number of carbonyl (C=O) groups is 2. The smallest absolute Gasteiger partial charge is 0.326 e. The van der Waals surface area contributed by atoms with Gasteiger partial charge in [-0.05, 0) is 58.7 Å². The molecule has 0 unspecified atom stereocenters. The lowest BCUT2D eigenvalue weighted by molar-refractivity contribution is -0.158. The van der Waals surface area contributed by atoms with Crippen molar-refractivity contribution in [1.82, 2.24) is 19.5 Å². The Kier molecular flexibility index (Phi) is 5.59. The third-order valence-electron chi connectivity index (χ3n) is 4.82. The lowest BCUT2D eigenvalue weighted by Crippen LogP contribution is -2.36. The minimum Gasteiger partial charge on any atom is -0.459 e. The lowest BCUT2D eigenvalue weighted by Gasteiger charge is -2.22. The average Bonchev–Trinajstić information content (AvgIpc) is 2.98. The molecule has 7 heteroatoms. The van der Waals surface area contributed by atoms with Gasteiger partial charge in [0, 0.05) is 30.2 Å². The van der Waals surface area contributed by atoms with E-state index < -0.39 is 11.6 Å². The summed E-state index contributed by atoms with van der Waals surface area (Å²) < 4.78 is 7.13. The summed E-state index contributed by atoms with van der Waals surface area (Å²) >= 11 is 0. The van der Waals surface area contributed by atoms with Crippen LogP contribution in [0.2, 0.25) is 0 Å². The minimum absolute atomic E-state index is 0.0596. The normalized spacial score (nSPS) is 11.8. The van der Waals surface area contributed by atoms with Gasteiger partial charge in [-0.3, -0.25) is 9.59 Å². The second-order valence-corrected chi connectivity index (χ2v) is 8.35. The van der Waals surface area contributed by atoms with E-state index in [1.165, 1.54) is 4.90 Å². The van der Waals surface area contributed by atoms with Crippen LogP contribution < -0.4 is 0 Å². The predicted octanol–water partition coefficient (Wildman–Crippen LogP) is 3.23. The highest BCUT2D eigenvalue weighted by molar-refractivity contribution is 5.92. The number of ether oxygens (including phenoxy) is 1. The Balaban J connectivity index is 1.74. The molecule has 0 aliphatic carbocycles. The van der Waals surface area contributed by atoms with Crippen molar-refractivity contribution in [3.8, 4) is 0 Å². The van der Waals surface area contributed by atoms with E-state index in [4.69, 9.17) is 9.72 Å². The van der Waals surface area contributed by atoms with Gasteiger partial charge in [0.2, 0.25) is 5.91 Å². The van der Waals surface area contributed by atoms with Gasteiger partial charge in [0.15, 0.2) is 5.65 Å². The van der Waals surface area contributed by atoms with Crippen LogP contribution in [0.1, 0.15) is 44.1 Å². The Hall–Kier alpha value is -2.96. The van der Waals surface area contributed by atoms with E-state index in [-0.39, 0.29) is 18.9 Å². The van der Waals surface area contributed by atoms with Crippen molar-refractivity contribution >= 4 is 28.4 Å². The monoisotopic (exact) mass is 396 g/mol. The van der Waals surface area contributed by atoms with Crippen LogP contribution in [0.4, 0.5) is 0 Å². The Morgan fingerprint density at radius 3 is 2.55 bits per heavy atom. The van der Waals surface area contributed by atoms with Crippen molar-refractivity contribution in [3.63, 3.8) is 0 Å². The van der Waals surface area contributed by atoms with Crippen molar-refractivity contribution in [1.29, 1.82) is 0 Å². The highest BCUT2D eigenvalue weighted by Gasteiger charge is 2.21. The summed E-state index contributed by atoms with van der Waals surface area (Å²) in [5.41, 5.74) is 4.03. The maximum absolute atomic E-state index is 12.5. The number of hydrogen-bond donors (Lipinski definition) is 0. The van der Waals surface area contributed by atoms with Crippen LogP contribution in [0.15, 0.2) is 24.3 Å². The number of esters is 1. The average molecular weight is 396 g/mol. The zero-order chi connectivity index (χ0) is 21.3. The predicted molar refractivity (Wildman–Crippen MR) is 112 cm³/mol. The van der Waals surface area contributed by atoms with E-state index in [1.807, 2.05) is 42.6 Å². The van der Waals surface area contributed by atoms with E-state index >= 15 is 0 Å². The summed E-state index contributed by atoms with van der Waals surface area (Å²) in [6.07, 6.45) is 0.823. The van der Waals surface area contributed by atoms with Gasteiger partial charge in [0.1, 0.15) is 12.1 Å². The molecule has 0 saturated carbocycles. The minimum atomic E-state index is -0.566. The van der Waals surface area contributed by atoms with Gasteiger partial charge in [0.05, 0.1) is 5.52 Å². The first-order chi connectivity index (χ1) is 13.6. The van der Waals surface area contributed by atoms with Crippen LogP contribution in [-0.2, 0) is 20.7 Å². The van der Waals surface area contributed by atoms with Crippen LogP contribution >= 0.6 is 0 Å². The molecular weight excluding hydrogens is 368 g/mol. The zero-order valence-corrected chi connectivity index (χ0v) is 17.9. The maximum atomic E-state index is 12.5. The third-order valence-corrected chi connectivity index (χ3v) is 4.82. The van der Waals surface area contributed by atoms with Gasteiger partial charge in [0.25, 0.3) is 0 Å². The number of benzene rings is 1. The second-order valence-electron chi connectivity index (χ2n) is 8.35. The molecule has 2 aromatic heterocycles. The standard InChI is InChI=1S/C22H28N4O3/c1-14-16(11-12-19(27)25(6)13-20(28)29-22(3,4)5)15(2)26-21(23-14)17-9-7-8-10-18(17)24-26/h7-10H,11-13H2,1-6H3. The first kappa shape index (κ1) is 20.8. The van der Waals surface area contributed by atoms with E-state index in [2.05, 4.69) is 5.10 Å². The summed E-state index contributed by atoms with van der Waals surface area (Å²) in [4.78, 5) is 30.6. The molecule has 1 aromatic carbocycles. The number of likely N-dealkylation sites (N-methyl/N-ethyl adjacent to an activating group) is 1. The fourth-order valence-corrected chi connectivity index (χ4v) is 3.42. The molecule has 0 aliphatic heterocycles. The molecule has 0 N–H and O–H groups in total. The molecule has 3 aromatic rings. The molecule has 3 rings (SSSR count). The summed E-state index contributed by atoms with van der Waals surface area (Å²) in [6.45, 7) is 9.31. The second kappa shape index (κ2) is 7.81. The molecule has 0 atom stereocenters. The molecule has 1 amide bonds. The van der Waals surface area contributed by atoms with Gasteiger partial charge in [-0.1, -0.05) is 12.1 Å². The van der Waals surface area contributed by atoms with Crippen LogP contribution in [-0.4, -0.2) is 50.6 Å². The molecule has 2 heterocycles. The van der Waals surface area contributed by atoms with Gasteiger partial charge in [-0.25, -0.2) is 9.50 Å². The van der Waals surface area contributed by atoms with Crippen molar-refractivity contribution in [2.24, 2.45) is 0 Å². The van der Waals surface area contributed by atoms with E-state index in [9.17, 15) is 9.59 Å². The molecule has 154 valence electrons. The van der Waals surface area contributed by atoms with E-state index in [0.717, 1.165) is 33.5 Å². The van der Waals surface area contributed by atoms with Gasteiger partial charge < -0.3 is 9.64 Å². The largest absolute Gasteiger partial charge is 0.459 e. The Bertz CT molecular complexity index is 1080. The SMILES string of the molecule is Cc1nc2c3ccccc3nn2c(C)c1CCC(=O)N(C)CC(=O)OC(C)(C)C. The summed E-state index contributed by atoms with van der Waals surface area (Å²) in [6, 6.07) is 7.91. The van der Waals surface area contributed by atoms with Crippen molar-refractivity contribution in [3.05, 3.63) is 41.2 Å². The number of hydrogen-bond acceptors (Lipinski definition) is 5. The molecule has 0 aliphatic rings. The first-order valence-electron chi connectivity index (χ1n) is 9.76. The molecule has 0 saturated heterocycles. The molecule has 29 heavy (non-hydrogen) atoms. The number of fused-ring (bicyclic) bond motifs is 3. The molecule has 0 bridgehead atoms. The number of aryl methyl sites for hydroxylation is 2. The Morgan fingerprint density at radius 1 is 1.17 bits per heavy atom. The van der Waals surface area contributed by atoms with Crippen LogP contribution in [0.25, 0.3) is 16.6 Å². The van der Waals surface area contributed by atoms with Crippen LogP contribution in [0.3, 0.4) is 0 Å². The van der Waals surface area contributed by atoms with Crippen molar-refractivity contribution in [2.75, 3.05) is 13.6 Å². The van der Waals surface area contributed by atoms with E-state index in [1.54, 1.807) is 27.8 Å². The zero-order valence-electron chi connectivity index (χ0n) is 17.9. The topological polar surface area (TPSA) is 76.8 Å². The van der Waals surface area contributed by atoms with Gasteiger partial charge in [-0.15, -0.1) is 0 Å². The van der Waals surface area contributed by atoms with Crippen molar-refractivity contribution < 1.29 is 14.3 Å². The highest BCUT2D eigenvalue weighted by Crippen LogP contribution is 2.23. The van der Waals surface area contributed by atoms with Crippen LogP contribution in [0.5, 0.6) is 0 Å². The summed E-state index contributed by atoms with van der Waals surface area (Å²) in [5, 5.41) is 5.66. The number of amides is 1. The maximum Gasteiger partial charge on any atom is 0.326 e. The van der Waals surface area contributed by atoms with Gasteiger partial charge in [-0.2, -0.15) is 5.10 Å². The van der Waals surface area contributed by atoms with Crippen LogP contribution in [0, 0.1) is 13.8 Å². The third kappa shape index (κ3) is 4.55. The number of nitrogens with zero attached hydrogens (tertiary/aromatic N) is 4. The number of carbonyl (C=O) groups excluding carboxylic acids is 2. The first-order valence-corrected chi connectivity index (χ1v) is 9.76. The van der Waals surface area contributed by atoms with Crippen molar-refractivity contribution in [2.45, 2.75) is 53.1 Å². The fourth-order valence-electron chi connectivity index (χ4n) is 3.42. The molecular formula is C22H28N4O3. The quantitative estimate of drug-likeness (QED) is 0.619. The van der Waals surface area contributed by atoms with Gasteiger partial charge >= 0.3 is 5.97 Å². The molecule has 7 nitrogen and oxygen atoms in total. The fraction of sp³-hybridized carbons (Fsp3) is 0.455. The molecule has 0 radical (unpaired) electrons. The Morgan fingerprint density at radius 2 is 1.86 bits per heavy atom. The highest BCUT2D eigenvalue weighted by atomic mass is 16.6. The summed E-state index contributed by atoms with van der Waals surface area (Å²) in [7, 11) is 1.62.